The Bertz CT molecular complexity index is 523. The largest absolute Gasteiger partial charge is 0.341 e. The van der Waals surface area contributed by atoms with Crippen molar-refractivity contribution in [1.82, 2.24) is 9.97 Å². The molecule has 0 amide bonds. The van der Waals surface area contributed by atoms with E-state index in [2.05, 4.69) is 34.3 Å². The number of hydrogen-bond acceptors (Lipinski definition) is 4. The summed E-state index contributed by atoms with van der Waals surface area (Å²) in [5.41, 5.74) is 3.27. The molecule has 4 heteroatoms. The van der Waals surface area contributed by atoms with Gasteiger partial charge in [0.15, 0.2) is 0 Å². The molecule has 1 heterocycles. The number of nitriles is 1. The van der Waals surface area contributed by atoms with Gasteiger partial charge in [0.1, 0.15) is 6.54 Å². The van der Waals surface area contributed by atoms with Gasteiger partial charge in [-0.1, -0.05) is 29.8 Å². The second-order valence-corrected chi connectivity index (χ2v) is 3.67. The number of rotatable bonds is 3. The number of nitrogens with one attached hydrogen (secondary N) is 1. The molecule has 1 N–H and O–H groups in total. The van der Waals surface area contributed by atoms with Crippen molar-refractivity contribution in [2.45, 2.75) is 6.92 Å². The van der Waals surface area contributed by atoms with Crippen LogP contribution < -0.4 is 5.32 Å². The lowest BCUT2D eigenvalue weighted by Gasteiger charge is -2.03. The Balaban J connectivity index is 2.18. The van der Waals surface area contributed by atoms with Gasteiger partial charge in [-0.15, -0.1) is 0 Å². The zero-order valence-electron chi connectivity index (χ0n) is 9.51. The number of hydrogen-bond donors (Lipinski definition) is 1. The summed E-state index contributed by atoms with van der Waals surface area (Å²) in [6.07, 6.45) is 3.49. The zero-order chi connectivity index (χ0) is 12.1. The summed E-state index contributed by atoms with van der Waals surface area (Å²) in [5, 5.41) is 11.2. The molecular formula is C13H12N4. The summed E-state index contributed by atoms with van der Waals surface area (Å²) in [5.74, 6) is 0.474. The predicted octanol–water partition coefficient (Wildman–Crippen LogP) is 2.39. The van der Waals surface area contributed by atoms with E-state index in [1.165, 1.54) is 5.56 Å². The van der Waals surface area contributed by atoms with E-state index in [1.807, 2.05) is 18.2 Å². The highest BCUT2D eigenvalue weighted by Gasteiger charge is 1.99. The molecule has 2 aromatic rings. The van der Waals surface area contributed by atoms with Gasteiger partial charge < -0.3 is 5.32 Å². The summed E-state index contributed by atoms with van der Waals surface area (Å²) >= 11 is 0. The third kappa shape index (κ3) is 2.79. The maximum absolute atomic E-state index is 8.42. The second kappa shape index (κ2) is 5.08. The van der Waals surface area contributed by atoms with Gasteiger partial charge in [0.05, 0.1) is 6.07 Å². The quantitative estimate of drug-likeness (QED) is 0.813. The molecule has 0 radical (unpaired) electrons. The molecule has 2 rings (SSSR count). The lowest BCUT2D eigenvalue weighted by molar-refractivity contribution is 1.12. The Morgan fingerprint density at radius 2 is 1.76 bits per heavy atom. The van der Waals surface area contributed by atoms with Crippen molar-refractivity contribution >= 4 is 5.95 Å². The lowest BCUT2D eigenvalue weighted by Crippen LogP contribution is -2.02. The molecule has 17 heavy (non-hydrogen) atoms. The van der Waals surface area contributed by atoms with Crippen LogP contribution in [0.3, 0.4) is 0 Å². The summed E-state index contributed by atoms with van der Waals surface area (Å²) in [6, 6.07) is 10.2. The summed E-state index contributed by atoms with van der Waals surface area (Å²) in [7, 11) is 0. The first-order chi connectivity index (χ1) is 8.29. The van der Waals surface area contributed by atoms with Gasteiger partial charge in [0, 0.05) is 18.0 Å². The fraction of sp³-hybridized carbons (Fsp3) is 0.154. The van der Waals surface area contributed by atoms with Crippen LogP contribution in [-0.4, -0.2) is 16.5 Å². The average Bonchev–Trinajstić information content (AvgIpc) is 2.38. The van der Waals surface area contributed by atoms with Crippen molar-refractivity contribution in [2.75, 3.05) is 11.9 Å². The Hall–Kier alpha value is -2.41. The first-order valence-electron chi connectivity index (χ1n) is 5.29. The normalized spacial score (nSPS) is 9.65. The fourth-order valence-electron chi connectivity index (χ4n) is 1.43. The Morgan fingerprint density at radius 3 is 2.35 bits per heavy atom. The van der Waals surface area contributed by atoms with E-state index in [0.717, 1.165) is 11.1 Å². The zero-order valence-corrected chi connectivity index (χ0v) is 9.51. The molecule has 0 unspecified atom stereocenters. The monoisotopic (exact) mass is 224 g/mol. The van der Waals surface area contributed by atoms with Crippen LogP contribution in [0.2, 0.25) is 0 Å². The van der Waals surface area contributed by atoms with E-state index in [-0.39, 0.29) is 6.54 Å². The number of nitrogens with zero attached hydrogens (tertiary/aromatic N) is 3. The van der Waals surface area contributed by atoms with E-state index < -0.39 is 0 Å². The highest BCUT2D eigenvalue weighted by molar-refractivity contribution is 5.62. The third-order valence-corrected chi connectivity index (χ3v) is 2.36. The summed E-state index contributed by atoms with van der Waals surface area (Å²) < 4.78 is 0. The molecule has 0 saturated carbocycles. The Labute approximate surface area is 100.0 Å². The van der Waals surface area contributed by atoms with E-state index >= 15 is 0 Å². The molecule has 4 nitrogen and oxygen atoms in total. The minimum Gasteiger partial charge on any atom is -0.341 e. The standard InChI is InChI=1S/C13H12N4/c1-10-2-4-11(5-3-10)12-8-16-13(17-9-12)15-7-6-14/h2-5,8-9H,7H2,1H3,(H,15,16,17). The number of aryl methyl sites for hydroxylation is 1. The maximum Gasteiger partial charge on any atom is 0.223 e. The maximum atomic E-state index is 8.42. The highest BCUT2D eigenvalue weighted by atomic mass is 15.1. The second-order valence-electron chi connectivity index (χ2n) is 3.67. The third-order valence-electron chi connectivity index (χ3n) is 2.36. The Kier molecular flexibility index (Phi) is 3.31. The first kappa shape index (κ1) is 11.1. The van der Waals surface area contributed by atoms with Crippen molar-refractivity contribution < 1.29 is 0 Å². The van der Waals surface area contributed by atoms with Crippen molar-refractivity contribution in [1.29, 1.82) is 5.26 Å². The number of anilines is 1. The van der Waals surface area contributed by atoms with Gasteiger partial charge in [-0.2, -0.15) is 5.26 Å². The number of benzene rings is 1. The van der Waals surface area contributed by atoms with Crippen LogP contribution in [0.15, 0.2) is 36.7 Å². The van der Waals surface area contributed by atoms with Crippen molar-refractivity contribution in [2.24, 2.45) is 0 Å². The molecule has 0 atom stereocenters. The van der Waals surface area contributed by atoms with Gasteiger partial charge >= 0.3 is 0 Å². The molecular weight excluding hydrogens is 212 g/mol. The van der Waals surface area contributed by atoms with Crippen LogP contribution in [0, 0.1) is 18.3 Å². The van der Waals surface area contributed by atoms with E-state index in [1.54, 1.807) is 12.4 Å². The van der Waals surface area contributed by atoms with Gasteiger partial charge in [-0.25, -0.2) is 9.97 Å². The van der Waals surface area contributed by atoms with E-state index in [9.17, 15) is 0 Å². The average molecular weight is 224 g/mol. The molecule has 0 fully saturated rings. The van der Waals surface area contributed by atoms with Crippen molar-refractivity contribution in [3.8, 4) is 17.2 Å². The first-order valence-corrected chi connectivity index (χ1v) is 5.29. The van der Waals surface area contributed by atoms with Gasteiger partial charge in [0.25, 0.3) is 0 Å². The minimum atomic E-state index is 0.212. The van der Waals surface area contributed by atoms with Crippen LogP contribution in [0.4, 0.5) is 5.95 Å². The fourth-order valence-corrected chi connectivity index (χ4v) is 1.43. The topological polar surface area (TPSA) is 61.6 Å². The molecule has 1 aromatic heterocycles. The summed E-state index contributed by atoms with van der Waals surface area (Å²) in [6.45, 7) is 2.26. The van der Waals surface area contributed by atoms with E-state index in [0.29, 0.717) is 5.95 Å². The summed E-state index contributed by atoms with van der Waals surface area (Å²) in [4.78, 5) is 8.28. The van der Waals surface area contributed by atoms with Crippen LogP contribution in [0.1, 0.15) is 5.56 Å². The smallest absolute Gasteiger partial charge is 0.223 e. The van der Waals surface area contributed by atoms with Crippen molar-refractivity contribution in [3.63, 3.8) is 0 Å². The molecule has 0 aliphatic heterocycles. The number of aromatic nitrogens is 2. The molecule has 1 aromatic carbocycles. The van der Waals surface area contributed by atoms with Gasteiger partial charge in [0.2, 0.25) is 5.95 Å². The van der Waals surface area contributed by atoms with Crippen LogP contribution >= 0.6 is 0 Å². The van der Waals surface area contributed by atoms with Crippen LogP contribution in [0.5, 0.6) is 0 Å². The predicted molar refractivity (Wildman–Crippen MR) is 66.3 cm³/mol. The SMILES string of the molecule is Cc1ccc(-c2cnc(NCC#N)nc2)cc1. The van der Waals surface area contributed by atoms with Crippen LogP contribution in [0.25, 0.3) is 11.1 Å². The van der Waals surface area contributed by atoms with Gasteiger partial charge in [-0.3, -0.25) is 0 Å². The van der Waals surface area contributed by atoms with Gasteiger partial charge in [-0.05, 0) is 12.5 Å². The molecule has 0 bridgehead atoms. The van der Waals surface area contributed by atoms with E-state index in [4.69, 9.17) is 5.26 Å². The molecule has 84 valence electrons. The molecule has 0 saturated heterocycles. The van der Waals surface area contributed by atoms with Crippen LogP contribution in [-0.2, 0) is 0 Å². The lowest BCUT2D eigenvalue weighted by atomic mass is 10.1. The molecule has 0 aliphatic rings. The Morgan fingerprint density at radius 1 is 1.12 bits per heavy atom. The van der Waals surface area contributed by atoms with Crippen molar-refractivity contribution in [3.05, 3.63) is 42.2 Å². The molecule has 0 spiro atoms. The highest BCUT2D eigenvalue weighted by Crippen LogP contribution is 2.18. The minimum absolute atomic E-state index is 0.212. The molecule has 0 aliphatic carbocycles.